The molecule has 2 N–H and O–H groups in total. The summed E-state index contributed by atoms with van der Waals surface area (Å²) in [6.45, 7) is 4.43. The topological polar surface area (TPSA) is 62.7 Å². The molecule has 0 aliphatic heterocycles. The summed E-state index contributed by atoms with van der Waals surface area (Å²) >= 11 is 1.48. The van der Waals surface area contributed by atoms with E-state index in [1.54, 1.807) is 13.1 Å². The molecule has 0 radical (unpaired) electrons. The highest BCUT2D eigenvalue weighted by atomic mass is 32.1. The van der Waals surface area contributed by atoms with Crippen molar-refractivity contribution < 1.29 is 13.2 Å². The Kier molecular flexibility index (Phi) is 4.61. The standard InChI is InChI=1S/C12H14F3N5S/c1-3-16-11-19-8(12(13,14)15)4-9(20-11)17-6-10-18-5-7(2)21-10/h4-5H,3,6H2,1-2H3,(H2,16,17,19,20). The minimum atomic E-state index is -4.51. The van der Waals surface area contributed by atoms with Gasteiger partial charge >= 0.3 is 6.18 Å². The Balaban J connectivity index is 2.19. The average Bonchev–Trinajstić information content (AvgIpc) is 2.81. The van der Waals surface area contributed by atoms with Gasteiger partial charge in [0.25, 0.3) is 0 Å². The molecule has 2 aromatic heterocycles. The number of alkyl halides is 3. The Morgan fingerprint density at radius 2 is 2.00 bits per heavy atom. The zero-order chi connectivity index (χ0) is 15.5. The Hall–Kier alpha value is -1.90. The van der Waals surface area contributed by atoms with E-state index in [2.05, 4.69) is 25.6 Å². The van der Waals surface area contributed by atoms with Gasteiger partial charge in [0, 0.05) is 23.7 Å². The molecule has 0 bridgehead atoms. The van der Waals surface area contributed by atoms with Crippen molar-refractivity contribution in [1.82, 2.24) is 15.0 Å². The first-order valence-corrected chi connectivity index (χ1v) is 7.05. The maximum atomic E-state index is 12.8. The van der Waals surface area contributed by atoms with E-state index in [1.165, 1.54) is 11.3 Å². The lowest BCUT2D eigenvalue weighted by Crippen LogP contribution is -2.14. The highest BCUT2D eigenvalue weighted by Crippen LogP contribution is 2.29. The molecular weight excluding hydrogens is 303 g/mol. The fourth-order valence-corrected chi connectivity index (χ4v) is 2.30. The number of nitrogens with zero attached hydrogens (tertiary/aromatic N) is 3. The molecule has 9 heteroatoms. The second-order valence-corrected chi connectivity index (χ2v) is 5.53. The van der Waals surface area contributed by atoms with Crippen molar-refractivity contribution in [1.29, 1.82) is 0 Å². The second-order valence-electron chi connectivity index (χ2n) is 4.21. The van der Waals surface area contributed by atoms with Gasteiger partial charge in [-0.05, 0) is 13.8 Å². The van der Waals surface area contributed by atoms with Crippen LogP contribution in [0.25, 0.3) is 0 Å². The quantitative estimate of drug-likeness (QED) is 0.886. The van der Waals surface area contributed by atoms with Crippen LogP contribution in [0.3, 0.4) is 0 Å². The first-order valence-electron chi connectivity index (χ1n) is 6.24. The van der Waals surface area contributed by atoms with E-state index in [0.717, 1.165) is 16.0 Å². The SMILES string of the molecule is CCNc1nc(NCc2ncc(C)s2)cc(C(F)(F)F)n1. The number of anilines is 2. The van der Waals surface area contributed by atoms with E-state index in [9.17, 15) is 13.2 Å². The van der Waals surface area contributed by atoms with Crippen molar-refractivity contribution >= 4 is 23.1 Å². The molecule has 0 saturated carbocycles. The molecule has 0 aliphatic carbocycles. The molecule has 0 aromatic carbocycles. The van der Waals surface area contributed by atoms with Gasteiger partial charge in [-0.25, -0.2) is 9.97 Å². The van der Waals surface area contributed by atoms with Crippen molar-refractivity contribution in [3.8, 4) is 0 Å². The van der Waals surface area contributed by atoms with Crippen LogP contribution in [-0.2, 0) is 12.7 Å². The molecule has 5 nitrogen and oxygen atoms in total. The number of hydrogen-bond acceptors (Lipinski definition) is 6. The number of hydrogen-bond donors (Lipinski definition) is 2. The molecule has 0 spiro atoms. The average molecular weight is 317 g/mol. The van der Waals surface area contributed by atoms with Gasteiger partial charge < -0.3 is 10.6 Å². The van der Waals surface area contributed by atoms with Crippen LogP contribution in [0.5, 0.6) is 0 Å². The maximum Gasteiger partial charge on any atom is 0.433 e. The summed E-state index contributed by atoms with van der Waals surface area (Å²) in [6.07, 6.45) is -2.80. The lowest BCUT2D eigenvalue weighted by molar-refractivity contribution is -0.141. The molecule has 0 fully saturated rings. The molecule has 0 amide bonds. The first kappa shape index (κ1) is 15.5. The van der Waals surface area contributed by atoms with Crippen molar-refractivity contribution in [2.45, 2.75) is 26.6 Å². The number of rotatable bonds is 5. The molecule has 2 heterocycles. The molecule has 2 rings (SSSR count). The van der Waals surface area contributed by atoms with Gasteiger partial charge in [-0.2, -0.15) is 18.2 Å². The van der Waals surface area contributed by atoms with E-state index >= 15 is 0 Å². The van der Waals surface area contributed by atoms with Gasteiger partial charge in [0.15, 0.2) is 5.69 Å². The van der Waals surface area contributed by atoms with Gasteiger partial charge in [0.2, 0.25) is 5.95 Å². The number of nitrogens with one attached hydrogen (secondary N) is 2. The Morgan fingerprint density at radius 1 is 1.24 bits per heavy atom. The summed E-state index contributed by atoms with van der Waals surface area (Å²) in [5.74, 6) is 0.0614. The summed E-state index contributed by atoms with van der Waals surface area (Å²) in [5, 5.41) is 6.31. The molecule has 21 heavy (non-hydrogen) atoms. The predicted molar refractivity (Wildman–Crippen MR) is 75.4 cm³/mol. The molecule has 0 saturated heterocycles. The molecule has 2 aromatic rings. The summed E-state index contributed by atoms with van der Waals surface area (Å²) in [7, 11) is 0. The van der Waals surface area contributed by atoms with E-state index in [-0.39, 0.29) is 11.8 Å². The summed E-state index contributed by atoms with van der Waals surface area (Å²) < 4.78 is 38.4. The fourth-order valence-electron chi connectivity index (χ4n) is 1.57. The van der Waals surface area contributed by atoms with E-state index in [4.69, 9.17) is 0 Å². The summed E-state index contributed by atoms with van der Waals surface area (Å²) in [5.41, 5.74) is -0.980. The number of thiazole rings is 1. The third-order valence-electron chi connectivity index (χ3n) is 2.44. The summed E-state index contributed by atoms with van der Waals surface area (Å²) in [4.78, 5) is 12.6. The van der Waals surface area contributed by atoms with Crippen LogP contribution in [0, 0.1) is 6.92 Å². The normalized spacial score (nSPS) is 11.5. The van der Waals surface area contributed by atoms with Crippen molar-refractivity contribution in [3.05, 3.63) is 27.8 Å². The van der Waals surface area contributed by atoms with Gasteiger partial charge in [-0.3, -0.25) is 0 Å². The lowest BCUT2D eigenvalue weighted by atomic mass is 10.3. The molecule has 0 atom stereocenters. The highest BCUT2D eigenvalue weighted by molar-refractivity contribution is 7.11. The van der Waals surface area contributed by atoms with Gasteiger partial charge in [0.05, 0.1) is 6.54 Å². The minimum absolute atomic E-state index is 0.0508. The largest absolute Gasteiger partial charge is 0.433 e. The van der Waals surface area contributed by atoms with Crippen LogP contribution in [0.1, 0.15) is 22.5 Å². The van der Waals surface area contributed by atoms with Crippen LogP contribution < -0.4 is 10.6 Å². The number of aryl methyl sites for hydroxylation is 1. The van der Waals surface area contributed by atoms with E-state index in [1.807, 2.05) is 6.92 Å². The Bertz CT molecular complexity index is 611. The van der Waals surface area contributed by atoms with Gasteiger partial charge in [-0.1, -0.05) is 0 Å². The van der Waals surface area contributed by atoms with Crippen molar-refractivity contribution in [2.75, 3.05) is 17.2 Å². The maximum absolute atomic E-state index is 12.8. The van der Waals surface area contributed by atoms with Crippen LogP contribution in [0.4, 0.5) is 24.9 Å². The number of halogens is 3. The fraction of sp³-hybridized carbons (Fsp3) is 0.417. The lowest BCUT2D eigenvalue weighted by Gasteiger charge is -2.11. The van der Waals surface area contributed by atoms with Crippen LogP contribution in [0.2, 0.25) is 0 Å². The zero-order valence-electron chi connectivity index (χ0n) is 11.5. The molecule has 114 valence electrons. The zero-order valence-corrected chi connectivity index (χ0v) is 12.3. The van der Waals surface area contributed by atoms with E-state index < -0.39 is 11.9 Å². The van der Waals surface area contributed by atoms with Gasteiger partial charge in [-0.15, -0.1) is 11.3 Å². The van der Waals surface area contributed by atoms with Crippen LogP contribution >= 0.6 is 11.3 Å². The third kappa shape index (κ3) is 4.28. The second kappa shape index (κ2) is 6.25. The smallest absolute Gasteiger partial charge is 0.363 e. The van der Waals surface area contributed by atoms with Gasteiger partial charge in [0.1, 0.15) is 10.8 Å². The molecule has 0 aliphatic rings. The Morgan fingerprint density at radius 3 is 2.57 bits per heavy atom. The third-order valence-corrected chi connectivity index (χ3v) is 3.35. The van der Waals surface area contributed by atoms with Crippen molar-refractivity contribution in [2.24, 2.45) is 0 Å². The minimum Gasteiger partial charge on any atom is -0.363 e. The van der Waals surface area contributed by atoms with Crippen LogP contribution in [-0.4, -0.2) is 21.5 Å². The summed E-state index contributed by atoms with van der Waals surface area (Å²) in [6, 6.07) is 0.890. The highest BCUT2D eigenvalue weighted by Gasteiger charge is 2.33. The predicted octanol–water partition coefficient (Wildman–Crippen LogP) is 3.30. The molecule has 0 unspecified atom stereocenters. The number of aromatic nitrogens is 3. The van der Waals surface area contributed by atoms with Crippen molar-refractivity contribution in [3.63, 3.8) is 0 Å². The molecular formula is C12H14F3N5S. The Labute approximate surface area is 123 Å². The first-order chi connectivity index (χ1) is 9.88. The van der Waals surface area contributed by atoms with E-state index in [0.29, 0.717) is 13.1 Å². The monoisotopic (exact) mass is 317 g/mol. The van der Waals surface area contributed by atoms with Crippen LogP contribution in [0.15, 0.2) is 12.3 Å².